The average Bonchev–Trinajstić information content (AvgIpc) is 2.62. The van der Waals surface area contributed by atoms with E-state index in [1.165, 1.54) is 0 Å². The fourth-order valence-electron chi connectivity index (χ4n) is 2.51. The molecule has 0 saturated carbocycles. The van der Waals surface area contributed by atoms with E-state index in [2.05, 4.69) is 10.1 Å². The highest BCUT2D eigenvalue weighted by molar-refractivity contribution is 6.30. The smallest absolute Gasteiger partial charge is 0.184 e. The number of halogens is 1. The summed E-state index contributed by atoms with van der Waals surface area (Å²) < 4.78 is 0. The fourth-order valence-corrected chi connectivity index (χ4v) is 2.64. The van der Waals surface area contributed by atoms with Crippen LogP contribution in [-0.2, 0) is 4.94 Å². The van der Waals surface area contributed by atoms with Gasteiger partial charge in [-0.05, 0) is 53.7 Å². The average molecular weight is 325 g/mol. The Morgan fingerprint density at radius 2 is 1.91 bits per heavy atom. The Morgan fingerprint density at radius 1 is 1.04 bits per heavy atom. The lowest BCUT2D eigenvalue weighted by atomic mass is 10.1. The number of hydroxylamine groups is 1. The summed E-state index contributed by atoms with van der Waals surface area (Å²) in [5.41, 5.74) is 0.931. The van der Waals surface area contributed by atoms with E-state index in [0.29, 0.717) is 10.8 Å². The molecule has 0 radical (unpaired) electrons. The normalized spacial score (nSPS) is 19.2. The van der Waals surface area contributed by atoms with Crippen LogP contribution < -0.4 is 5.06 Å². The zero-order valence-electron chi connectivity index (χ0n) is 12.1. The quantitative estimate of drug-likeness (QED) is 0.847. The number of aromatic nitrogens is 1. The molecule has 1 aromatic heterocycles. The van der Waals surface area contributed by atoms with Crippen molar-refractivity contribution in [3.8, 4) is 0 Å². The highest BCUT2D eigenvalue weighted by atomic mass is 35.5. The van der Waals surface area contributed by atoms with Crippen LogP contribution in [0.3, 0.4) is 0 Å². The molecule has 0 N–H and O–H groups in total. The van der Waals surface area contributed by atoms with Gasteiger partial charge in [-0.25, -0.2) is 4.98 Å². The van der Waals surface area contributed by atoms with E-state index in [1.807, 2.05) is 71.8 Å². The van der Waals surface area contributed by atoms with Gasteiger partial charge in [-0.2, -0.15) is 0 Å². The molecular weight excluding hydrogens is 312 g/mol. The van der Waals surface area contributed by atoms with Crippen LogP contribution in [0.5, 0.6) is 0 Å². The molecule has 5 nitrogen and oxygen atoms in total. The molecule has 0 spiro atoms. The van der Waals surface area contributed by atoms with Crippen LogP contribution in [0, 0.1) is 0 Å². The molecule has 0 amide bonds. The highest BCUT2D eigenvalue weighted by Gasteiger charge is 2.33. The van der Waals surface area contributed by atoms with Crippen molar-refractivity contribution in [1.29, 1.82) is 0 Å². The van der Waals surface area contributed by atoms with Gasteiger partial charge in [-0.3, -0.25) is 4.94 Å². The molecule has 114 valence electrons. The first kappa shape index (κ1) is 13.8. The summed E-state index contributed by atoms with van der Waals surface area (Å²) in [5.74, 6) is 1.42. The van der Waals surface area contributed by atoms with E-state index in [-0.39, 0.29) is 6.17 Å². The van der Waals surface area contributed by atoms with Gasteiger partial charge in [0.1, 0.15) is 0 Å². The third-order valence-corrected chi connectivity index (χ3v) is 3.86. The van der Waals surface area contributed by atoms with E-state index in [1.54, 1.807) is 11.3 Å². The van der Waals surface area contributed by atoms with E-state index < -0.39 is 0 Å². The standard InChI is InChI=1S/C17H13ClN4O/c18-14-9-7-13(8-10-14)17-20-23-22(15-5-1-3-11-19-15)16-6-2-4-12-21(16)17/h1-12,16H. The summed E-state index contributed by atoms with van der Waals surface area (Å²) in [6, 6.07) is 13.2. The number of rotatable bonds is 2. The Morgan fingerprint density at radius 3 is 2.70 bits per heavy atom. The Hall–Kier alpha value is -2.79. The molecule has 23 heavy (non-hydrogen) atoms. The highest BCUT2D eigenvalue weighted by Crippen LogP contribution is 2.27. The number of allylic oxidation sites excluding steroid dienone is 2. The Labute approximate surface area is 138 Å². The number of nitrogens with zero attached hydrogens (tertiary/aromatic N) is 4. The van der Waals surface area contributed by atoms with Gasteiger partial charge in [0.05, 0.1) is 0 Å². The largest absolute Gasteiger partial charge is 0.302 e. The van der Waals surface area contributed by atoms with Crippen molar-refractivity contribution in [3.05, 3.63) is 83.7 Å². The SMILES string of the molecule is Clc1ccc(C2=NON(c3ccccn3)C3C=CC=CN23)cc1. The van der Waals surface area contributed by atoms with Gasteiger partial charge in [0, 0.05) is 23.0 Å². The minimum Gasteiger partial charge on any atom is -0.302 e. The number of hydrogen-bond acceptors (Lipinski definition) is 5. The van der Waals surface area contributed by atoms with Crippen molar-refractivity contribution in [2.75, 3.05) is 5.06 Å². The van der Waals surface area contributed by atoms with Crippen molar-refractivity contribution in [3.63, 3.8) is 0 Å². The van der Waals surface area contributed by atoms with Gasteiger partial charge in [0.2, 0.25) is 0 Å². The van der Waals surface area contributed by atoms with Gasteiger partial charge in [-0.15, -0.1) is 5.06 Å². The number of hydrogen-bond donors (Lipinski definition) is 0. The van der Waals surface area contributed by atoms with Gasteiger partial charge in [0.25, 0.3) is 0 Å². The zero-order chi connectivity index (χ0) is 15.6. The van der Waals surface area contributed by atoms with Gasteiger partial charge < -0.3 is 4.90 Å². The Balaban J connectivity index is 1.73. The van der Waals surface area contributed by atoms with Crippen molar-refractivity contribution in [1.82, 2.24) is 9.88 Å². The second kappa shape index (κ2) is 5.78. The van der Waals surface area contributed by atoms with Crippen molar-refractivity contribution in [2.24, 2.45) is 5.16 Å². The van der Waals surface area contributed by atoms with Crippen LogP contribution in [0.1, 0.15) is 5.56 Å². The molecule has 1 atom stereocenters. The molecule has 2 aliphatic rings. The first-order chi connectivity index (χ1) is 11.3. The summed E-state index contributed by atoms with van der Waals surface area (Å²) >= 11 is 5.96. The van der Waals surface area contributed by atoms with E-state index in [0.717, 1.165) is 11.4 Å². The predicted molar refractivity (Wildman–Crippen MR) is 89.7 cm³/mol. The lowest BCUT2D eigenvalue weighted by Gasteiger charge is -2.40. The predicted octanol–water partition coefficient (Wildman–Crippen LogP) is 3.56. The van der Waals surface area contributed by atoms with Crippen LogP contribution in [0.4, 0.5) is 5.82 Å². The van der Waals surface area contributed by atoms with Crippen LogP contribution in [0.2, 0.25) is 5.02 Å². The van der Waals surface area contributed by atoms with E-state index in [4.69, 9.17) is 16.5 Å². The second-order valence-electron chi connectivity index (χ2n) is 5.06. The summed E-state index contributed by atoms with van der Waals surface area (Å²) in [4.78, 5) is 12.0. The van der Waals surface area contributed by atoms with E-state index >= 15 is 0 Å². The van der Waals surface area contributed by atoms with Crippen molar-refractivity contribution >= 4 is 23.3 Å². The minimum absolute atomic E-state index is 0.155. The Kier molecular flexibility index (Phi) is 3.48. The molecule has 3 heterocycles. The fraction of sp³-hybridized carbons (Fsp3) is 0.0588. The molecule has 2 aliphatic heterocycles. The second-order valence-corrected chi connectivity index (χ2v) is 5.50. The molecule has 2 aromatic rings. The molecule has 1 aromatic carbocycles. The summed E-state index contributed by atoms with van der Waals surface area (Å²) in [5, 5.41) is 6.62. The lowest BCUT2D eigenvalue weighted by molar-refractivity contribution is 0.0560. The summed E-state index contributed by atoms with van der Waals surface area (Å²) in [6.45, 7) is 0. The maximum atomic E-state index is 5.96. The van der Waals surface area contributed by atoms with Crippen LogP contribution in [0.25, 0.3) is 0 Å². The lowest BCUT2D eigenvalue weighted by Crippen LogP contribution is -2.52. The van der Waals surface area contributed by atoms with Crippen LogP contribution >= 0.6 is 11.6 Å². The zero-order valence-corrected chi connectivity index (χ0v) is 12.8. The molecular formula is C17H13ClN4O. The number of oxime groups is 1. The number of benzene rings is 1. The van der Waals surface area contributed by atoms with Crippen LogP contribution in [0.15, 0.2) is 78.2 Å². The van der Waals surface area contributed by atoms with Gasteiger partial charge >= 0.3 is 0 Å². The number of fused-ring (bicyclic) bond motifs is 1. The van der Waals surface area contributed by atoms with Crippen molar-refractivity contribution < 1.29 is 4.94 Å². The molecule has 0 bridgehead atoms. The topological polar surface area (TPSA) is 41.0 Å². The molecule has 0 saturated heterocycles. The van der Waals surface area contributed by atoms with Gasteiger partial charge in [-0.1, -0.05) is 23.7 Å². The molecule has 0 fully saturated rings. The number of pyridine rings is 1. The van der Waals surface area contributed by atoms with Crippen molar-refractivity contribution in [2.45, 2.75) is 6.17 Å². The summed E-state index contributed by atoms with van der Waals surface area (Å²) in [6.07, 6.45) is 9.51. The first-order valence-corrected chi connectivity index (χ1v) is 7.55. The third kappa shape index (κ3) is 2.55. The Bertz CT molecular complexity index is 786. The van der Waals surface area contributed by atoms with Crippen LogP contribution in [-0.4, -0.2) is 21.9 Å². The molecule has 1 unspecified atom stereocenters. The molecule has 0 aliphatic carbocycles. The third-order valence-electron chi connectivity index (χ3n) is 3.60. The van der Waals surface area contributed by atoms with E-state index in [9.17, 15) is 0 Å². The molecule has 4 rings (SSSR count). The van der Waals surface area contributed by atoms with Gasteiger partial charge in [0.15, 0.2) is 17.8 Å². The summed E-state index contributed by atoms with van der Waals surface area (Å²) in [7, 11) is 0. The maximum Gasteiger partial charge on any atom is 0.184 e. The number of amidine groups is 1. The first-order valence-electron chi connectivity index (χ1n) is 7.17. The monoisotopic (exact) mass is 324 g/mol. The maximum absolute atomic E-state index is 5.96. The minimum atomic E-state index is -0.155. The number of anilines is 1. The molecule has 6 heteroatoms.